The molecule has 0 saturated carbocycles. The van der Waals surface area contributed by atoms with Gasteiger partial charge in [-0.15, -0.1) is 0 Å². The molecule has 1 aliphatic rings. The number of halogens is 1. The van der Waals surface area contributed by atoms with Crippen molar-refractivity contribution in [2.45, 2.75) is 38.2 Å². The van der Waals surface area contributed by atoms with Crippen molar-refractivity contribution in [1.82, 2.24) is 15.1 Å². The summed E-state index contributed by atoms with van der Waals surface area (Å²) < 4.78 is 2.94. The second-order valence-electron chi connectivity index (χ2n) is 4.87. The van der Waals surface area contributed by atoms with Crippen molar-refractivity contribution in [1.29, 1.82) is 0 Å². The van der Waals surface area contributed by atoms with Crippen LogP contribution >= 0.6 is 15.9 Å². The van der Waals surface area contributed by atoms with Gasteiger partial charge in [0.15, 0.2) is 0 Å². The summed E-state index contributed by atoms with van der Waals surface area (Å²) in [5.74, 6) is 0. The molecule has 0 aliphatic carbocycles. The maximum absolute atomic E-state index is 10.5. The molecule has 0 radical (unpaired) electrons. The van der Waals surface area contributed by atoms with E-state index >= 15 is 0 Å². The van der Waals surface area contributed by atoms with Crippen molar-refractivity contribution in [2.75, 3.05) is 13.1 Å². The number of hydrogen-bond acceptors (Lipinski definition) is 3. The van der Waals surface area contributed by atoms with Gasteiger partial charge in [0.1, 0.15) is 0 Å². The lowest BCUT2D eigenvalue weighted by atomic mass is 9.89. The van der Waals surface area contributed by atoms with Crippen LogP contribution in [0.3, 0.4) is 0 Å². The van der Waals surface area contributed by atoms with Crippen molar-refractivity contribution in [3.05, 3.63) is 15.9 Å². The minimum atomic E-state index is -0.625. The van der Waals surface area contributed by atoms with Crippen LogP contribution in [-0.2, 0) is 19.9 Å². The van der Waals surface area contributed by atoms with E-state index in [1.54, 1.807) is 0 Å². The van der Waals surface area contributed by atoms with Gasteiger partial charge in [0, 0.05) is 20.0 Å². The fraction of sp³-hybridized carbons (Fsp3) is 0.750. The van der Waals surface area contributed by atoms with Crippen molar-refractivity contribution in [2.24, 2.45) is 7.05 Å². The number of β-amino-alcohol motifs (C(OH)–C–C–N with tert-alkyl or cyclic N) is 1. The number of hydrogen-bond donors (Lipinski definition) is 2. The number of aliphatic hydroxyl groups is 1. The van der Waals surface area contributed by atoms with Crippen LogP contribution in [0.5, 0.6) is 0 Å². The van der Waals surface area contributed by atoms with Gasteiger partial charge in [-0.25, -0.2) is 0 Å². The molecule has 1 fully saturated rings. The summed E-state index contributed by atoms with van der Waals surface area (Å²) in [7, 11) is 1.94. The zero-order valence-corrected chi connectivity index (χ0v) is 12.0. The van der Waals surface area contributed by atoms with E-state index in [4.69, 9.17) is 0 Å². The van der Waals surface area contributed by atoms with Gasteiger partial charge in [-0.05, 0) is 41.7 Å². The molecule has 0 amide bonds. The second-order valence-corrected chi connectivity index (χ2v) is 5.66. The molecule has 96 valence electrons. The van der Waals surface area contributed by atoms with E-state index in [0.717, 1.165) is 41.7 Å². The first-order chi connectivity index (χ1) is 8.06. The smallest absolute Gasteiger partial charge is 0.0827 e. The van der Waals surface area contributed by atoms with Crippen LogP contribution in [0.2, 0.25) is 0 Å². The highest BCUT2D eigenvalue weighted by Gasteiger charge is 2.31. The van der Waals surface area contributed by atoms with E-state index in [9.17, 15) is 5.11 Å². The largest absolute Gasteiger partial charge is 0.388 e. The molecule has 1 aromatic heterocycles. The molecule has 1 aromatic rings. The molecule has 1 atom stereocenters. The lowest BCUT2D eigenvalue weighted by Gasteiger charge is -2.32. The van der Waals surface area contributed by atoms with Crippen LogP contribution in [0.1, 0.15) is 31.2 Å². The predicted octanol–water partition coefficient (Wildman–Crippen LogP) is 1.40. The highest BCUT2D eigenvalue weighted by atomic mass is 79.9. The van der Waals surface area contributed by atoms with Crippen molar-refractivity contribution in [3.63, 3.8) is 0 Å². The summed E-state index contributed by atoms with van der Waals surface area (Å²) in [6.45, 7) is 3.77. The molecule has 1 aliphatic heterocycles. The molecule has 1 saturated heterocycles. The maximum Gasteiger partial charge on any atom is 0.0827 e. The van der Waals surface area contributed by atoms with Crippen LogP contribution in [-0.4, -0.2) is 33.6 Å². The predicted molar refractivity (Wildman–Crippen MR) is 71.0 cm³/mol. The summed E-state index contributed by atoms with van der Waals surface area (Å²) in [6, 6.07) is 0. The second kappa shape index (κ2) is 5.08. The normalized spacial score (nSPS) is 25.2. The fourth-order valence-corrected chi connectivity index (χ4v) is 3.18. The monoisotopic (exact) mass is 301 g/mol. The molecule has 0 spiro atoms. The van der Waals surface area contributed by atoms with E-state index in [1.165, 1.54) is 0 Å². The van der Waals surface area contributed by atoms with E-state index < -0.39 is 5.60 Å². The molecular formula is C12H20BrN3O. The Morgan fingerprint density at radius 2 is 2.35 bits per heavy atom. The first kappa shape index (κ1) is 13.1. The molecule has 2 heterocycles. The molecule has 0 bridgehead atoms. The van der Waals surface area contributed by atoms with Crippen LogP contribution in [0.25, 0.3) is 0 Å². The fourth-order valence-electron chi connectivity index (χ4n) is 2.43. The van der Waals surface area contributed by atoms with Crippen LogP contribution in [0.4, 0.5) is 0 Å². The van der Waals surface area contributed by atoms with Gasteiger partial charge in [-0.2, -0.15) is 5.10 Å². The number of nitrogens with zero attached hydrogens (tertiary/aromatic N) is 2. The summed E-state index contributed by atoms with van der Waals surface area (Å²) in [6.07, 6.45) is 3.46. The molecular weight excluding hydrogens is 282 g/mol. The molecule has 0 aromatic carbocycles. The lowest BCUT2D eigenvalue weighted by molar-refractivity contribution is 0.0152. The Labute approximate surface area is 111 Å². The van der Waals surface area contributed by atoms with Gasteiger partial charge in [-0.3, -0.25) is 4.68 Å². The zero-order valence-electron chi connectivity index (χ0n) is 10.5. The molecule has 1 unspecified atom stereocenters. The number of aryl methyl sites for hydroxylation is 2. The Morgan fingerprint density at radius 3 is 2.88 bits per heavy atom. The summed E-state index contributed by atoms with van der Waals surface area (Å²) in [4.78, 5) is 0. The highest BCUT2D eigenvalue weighted by Crippen LogP contribution is 2.28. The Kier molecular flexibility index (Phi) is 3.90. The van der Waals surface area contributed by atoms with Crippen molar-refractivity contribution < 1.29 is 5.11 Å². The molecule has 2 rings (SSSR count). The SMILES string of the molecule is CCc1nn(C)c(CC2(O)CCCNC2)c1Br. The number of aromatic nitrogens is 2. The van der Waals surface area contributed by atoms with Gasteiger partial charge < -0.3 is 10.4 Å². The van der Waals surface area contributed by atoms with Crippen LogP contribution < -0.4 is 5.32 Å². The summed E-state index contributed by atoms with van der Waals surface area (Å²) in [5, 5.41) is 18.3. The van der Waals surface area contributed by atoms with E-state index in [-0.39, 0.29) is 0 Å². The summed E-state index contributed by atoms with van der Waals surface area (Å²) in [5.41, 5.74) is 1.53. The lowest BCUT2D eigenvalue weighted by Crippen LogP contribution is -2.47. The standard InChI is InChI=1S/C12H20BrN3O/c1-3-9-11(13)10(16(2)15-9)7-12(17)5-4-6-14-8-12/h14,17H,3-8H2,1-2H3. The average molecular weight is 302 g/mol. The van der Waals surface area contributed by atoms with Gasteiger partial charge in [0.25, 0.3) is 0 Å². The third-order valence-electron chi connectivity index (χ3n) is 3.45. The first-order valence-electron chi connectivity index (χ1n) is 6.19. The average Bonchev–Trinajstić information content (AvgIpc) is 2.57. The topological polar surface area (TPSA) is 50.1 Å². The first-order valence-corrected chi connectivity index (χ1v) is 6.98. The number of rotatable bonds is 3. The third kappa shape index (κ3) is 2.72. The van der Waals surface area contributed by atoms with E-state index in [0.29, 0.717) is 13.0 Å². The minimum absolute atomic E-state index is 0.625. The third-order valence-corrected chi connectivity index (χ3v) is 4.36. The van der Waals surface area contributed by atoms with Gasteiger partial charge in [0.2, 0.25) is 0 Å². The quantitative estimate of drug-likeness (QED) is 0.887. The van der Waals surface area contributed by atoms with Gasteiger partial charge in [-0.1, -0.05) is 6.92 Å². The molecule has 4 nitrogen and oxygen atoms in total. The van der Waals surface area contributed by atoms with Crippen molar-refractivity contribution in [3.8, 4) is 0 Å². The molecule has 17 heavy (non-hydrogen) atoms. The van der Waals surface area contributed by atoms with Crippen LogP contribution in [0, 0.1) is 0 Å². The Bertz CT molecular complexity index is 397. The highest BCUT2D eigenvalue weighted by molar-refractivity contribution is 9.10. The number of piperidine rings is 1. The zero-order chi connectivity index (χ0) is 12.5. The van der Waals surface area contributed by atoms with Crippen molar-refractivity contribution >= 4 is 15.9 Å². The minimum Gasteiger partial charge on any atom is -0.388 e. The van der Waals surface area contributed by atoms with E-state index in [2.05, 4.69) is 33.3 Å². The number of nitrogens with one attached hydrogen (secondary N) is 1. The molecule has 2 N–H and O–H groups in total. The molecule has 5 heteroatoms. The van der Waals surface area contributed by atoms with Gasteiger partial charge in [0.05, 0.1) is 21.5 Å². The Balaban J connectivity index is 2.20. The Hall–Kier alpha value is -0.390. The summed E-state index contributed by atoms with van der Waals surface area (Å²) >= 11 is 3.60. The maximum atomic E-state index is 10.5. The van der Waals surface area contributed by atoms with Gasteiger partial charge >= 0.3 is 0 Å². The van der Waals surface area contributed by atoms with Crippen LogP contribution in [0.15, 0.2) is 4.47 Å². The van der Waals surface area contributed by atoms with E-state index in [1.807, 2.05) is 11.7 Å². The Morgan fingerprint density at radius 1 is 1.59 bits per heavy atom.